The number of benzene rings is 2. The third kappa shape index (κ3) is 7.81. The highest BCUT2D eigenvalue weighted by atomic mass is 16.2. The third-order valence-electron chi connectivity index (χ3n) is 4.68. The van der Waals surface area contributed by atoms with E-state index in [0.29, 0.717) is 6.42 Å². The van der Waals surface area contributed by atoms with Crippen molar-refractivity contribution in [2.45, 2.75) is 71.1 Å². The Kier molecular flexibility index (Phi) is 9.48. The monoisotopic (exact) mass is 352 g/mol. The molecule has 2 aromatic carbocycles. The van der Waals surface area contributed by atoms with Crippen LogP contribution in [-0.2, 0) is 4.79 Å². The summed E-state index contributed by atoms with van der Waals surface area (Å²) in [6.45, 7) is 2.25. The lowest BCUT2D eigenvalue weighted by atomic mass is 10.1. The number of rotatable bonds is 12. The molecule has 1 amide bonds. The van der Waals surface area contributed by atoms with Gasteiger partial charge >= 0.3 is 0 Å². The minimum Gasteiger partial charge on any atom is -0.273 e. The first-order chi connectivity index (χ1) is 12.8. The van der Waals surface area contributed by atoms with E-state index in [9.17, 15) is 4.79 Å². The van der Waals surface area contributed by atoms with E-state index >= 15 is 0 Å². The summed E-state index contributed by atoms with van der Waals surface area (Å²) >= 11 is 0. The van der Waals surface area contributed by atoms with Crippen molar-refractivity contribution in [3.8, 4) is 0 Å². The fourth-order valence-electron chi connectivity index (χ4n) is 3.12. The van der Waals surface area contributed by atoms with Crippen molar-refractivity contribution in [1.82, 2.24) is 5.43 Å². The zero-order chi connectivity index (χ0) is 18.5. The fourth-order valence-corrected chi connectivity index (χ4v) is 3.12. The Morgan fingerprint density at radius 3 is 2.27 bits per heavy atom. The molecule has 0 aromatic heterocycles. The molecule has 0 aliphatic carbocycles. The van der Waals surface area contributed by atoms with Crippen LogP contribution >= 0.6 is 0 Å². The second-order valence-electron chi connectivity index (χ2n) is 6.98. The van der Waals surface area contributed by atoms with Gasteiger partial charge in [-0.15, -0.1) is 0 Å². The molecule has 3 nitrogen and oxygen atoms in total. The summed E-state index contributed by atoms with van der Waals surface area (Å²) in [6.07, 6.45) is 13.6. The first kappa shape index (κ1) is 20.2. The molecular formula is C23H32N2O. The second-order valence-corrected chi connectivity index (χ2v) is 6.98. The Hall–Kier alpha value is -2.16. The van der Waals surface area contributed by atoms with E-state index in [1.165, 1.54) is 55.7 Å². The topological polar surface area (TPSA) is 41.5 Å². The zero-order valence-corrected chi connectivity index (χ0v) is 16.0. The van der Waals surface area contributed by atoms with Crippen LogP contribution in [-0.4, -0.2) is 12.1 Å². The number of fused-ring (bicyclic) bond motifs is 1. The first-order valence-electron chi connectivity index (χ1n) is 10.1. The first-order valence-corrected chi connectivity index (χ1v) is 10.1. The van der Waals surface area contributed by atoms with Crippen LogP contribution in [0.2, 0.25) is 0 Å². The molecule has 2 aromatic rings. The predicted octanol–water partition coefficient (Wildman–Crippen LogP) is 6.21. The molecule has 0 saturated carbocycles. The van der Waals surface area contributed by atoms with Gasteiger partial charge in [-0.2, -0.15) is 5.10 Å². The number of amides is 1. The van der Waals surface area contributed by atoms with Crippen molar-refractivity contribution in [3.05, 3.63) is 48.0 Å². The van der Waals surface area contributed by atoms with Crippen LogP contribution in [0.25, 0.3) is 10.8 Å². The lowest BCUT2D eigenvalue weighted by molar-refractivity contribution is -0.121. The smallest absolute Gasteiger partial charge is 0.240 e. The van der Waals surface area contributed by atoms with Gasteiger partial charge in [0.05, 0.1) is 6.21 Å². The van der Waals surface area contributed by atoms with Gasteiger partial charge in [0.2, 0.25) is 5.91 Å². The van der Waals surface area contributed by atoms with E-state index in [2.05, 4.69) is 41.7 Å². The number of unbranched alkanes of at least 4 members (excludes halogenated alkanes) is 8. The highest BCUT2D eigenvalue weighted by molar-refractivity contribution is 5.90. The summed E-state index contributed by atoms with van der Waals surface area (Å²) in [6, 6.07) is 14.4. The Balaban J connectivity index is 1.57. The number of hydrogen-bond acceptors (Lipinski definition) is 2. The van der Waals surface area contributed by atoms with Crippen LogP contribution in [0.5, 0.6) is 0 Å². The maximum absolute atomic E-state index is 11.8. The van der Waals surface area contributed by atoms with Gasteiger partial charge in [-0.25, -0.2) is 5.43 Å². The van der Waals surface area contributed by atoms with E-state index in [-0.39, 0.29) is 5.91 Å². The highest BCUT2D eigenvalue weighted by Gasteiger charge is 1.99. The lowest BCUT2D eigenvalue weighted by Crippen LogP contribution is -2.16. The number of carbonyl (C=O) groups is 1. The number of nitrogens with one attached hydrogen (secondary N) is 1. The van der Waals surface area contributed by atoms with Gasteiger partial charge in [0.1, 0.15) is 0 Å². The van der Waals surface area contributed by atoms with Crippen molar-refractivity contribution in [2.75, 3.05) is 0 Å². The summed E-state index contributed by atoms with van der Waals surface area (Å²) in [4.78, 5) is 11.8. The minimum absolute atomic E-state index is 0.00462. The van der Waals surface area contributed by atoms with Crippen LogP contribution in [0.15, 0.2) is 47.6 Å². The van der Waals surface area contributed by atoms with E-state index in [1.807, 2.05) is 18.2 Å². The number of hydrazone groups is 1. The maximum Gasteiger partial charge on any atom is 0.240 e. The summed E-state index contributed by atoms with van der Waals surface area (Å²) in [5.74, 6) is 0.00462. The molecule has 0 aliphatic rings. The number of hydrogen-bond donors (Lipinski definition) is 1. The predicted molar refractivity (Wildman–Crippen MR) is 112 cm³/mol. The lowest BCUT2D eigenvalue weighted by Gasteiger charge is -2.02. The van der Waals surface area contributed by atoms with Crippen LogP contribution in [0.3, 0.4) is 0 Å². The van der Waals surface area contributed by atoms with Gasteiger partial charge in [-0.05, 0) is 28.8 Å². The molecule has 0 spiro atoms. The third-order valence-corrected chi connectivity index (χ3v) is 4.68. The molecule has 0 heterocycles. The molecule has 0 atom stereocenters. The summed E-state index contributed by atoms with van der Waals surface area (Å²) in [5.41, 5.74) is 3.63. The Morgan fingerprint density at radius 1 is 0.885 bits per heavy atom. The molecule has 0 fully saturated rings. The summed E-state index contributed by atoms with van der Waals surface area (Å²) in [7, 11) is 0. The molecule has 0 unspecified atom stereocenters. The number of nitrogens with zero attached hydrogens (tertiary/aromatic N) is 1. The van der Waals surface area contributed by atoms with E-state index in [4.69, 9.17) is 0 Å². The van der Waals surface area contributed by atoms with Crippen molar-refractivity contribution in [3.63, 3.8) is 0 Å². The fraction of sp³-hybridized carbons (Fsp3) is 0.478. The molecule has 0 bridgehead atoms. The van der Waals surface area contributed by atoms with Crippen molar-refractivity contribution < 1.29 is 4.79 Å². The average Bonchev–Trinajstić information content (AvgIpc) is 2.66. The maximum atomic E-state index is 11.8. The quantitative estimate of drug-likeness (QED) is 0.275. The van der Waals surface area contributed by atoms with Crippen molar-refractivity contribution in [2.24, 2.45) is 5.10 Å². The molecule has 0 saturated heterocycles. The van der Waals surface area contributed by atoms with Crippen LogP contribution in [0.4, 0.5) is 0 Å². The van der Waals surface area contributed by atoms with Crippen LogP contribution in [0.1, 0.15) is 76.7 Å². The SMILES string of the molecule is CCCCCCCCCCCC(=O)N/N=C\c1ccc2ccccc2c1. The van der Waals surface area contributed by atoms with E-state index < -0.39 is 0 Å². The molecule has 3 heteroatoms. The van der Waals surface area contributed by atoms with Gasteiger partial charge in [0.25, 0.3) is 0 Å². The molecule has 1 N–H and O–H groups in total. The van der Waals surface area contributed by atoms with Gasteiger partial charge in [0.15, 0.2) is 0 Å². The molecular weight excluding hydrogens is 320 g/mol. The Bertz CT molecular complexity index is 693. The Labute approximate surface area is 157 Å². The zero-order valence-electron chi connectivity index (χ0n) is 16.0. The molecule has 0 radical (unpaired) electrons. The molecule has 140 valence electrons. The standard InChI is InChI=1S/C23H32N2O/c1-2-3-4-5-6-7-8-9-10-15-23(26)25-24-19-20-16-17-21-13-11-12-14-22(21)18-20/h11-14,16-19H,2-10,15H2,1H3,(H,25,26)/b24-19-. The van der Waals surface area contributed by atoms with E-state index in [0.717, 1.165) is 18.4 Å². The Morgan fingerprint density at radius 2 is 1.54 bits per heavy atom. The summed E-state index contributed by atoms with van der Waals surface area (Å²) < 4.78 is 0. The van der Waals surface area contributed by atoms with Gasteiger partial charge in [-0.3, -0.25) is 4.79 Å². The van der Waals surface area contributed by atoms with Crippen LogP contribution in [0, 0.1) is 0 Å². The number of carbonyl (C=O) groups excluding carboxylic acids is 1. The molecule has 26 heavy (non-hydrogen) atoms. The highest BCUT2D eigenvalue weighted by Crippen LogP contribution is 2.14. The normalized spacial score (nSPS) is 11.3. The van der Waals surface area contributed by atoms with Gasteiger partial charge in [0, 0.05) is 6.42 Å². The molecule has 0 aliphatic heterocycles. The largest absolute Gasteiger partial charge is 0.273 e. The molecule has 2 rings (SSSR count). The second kappa shape index (κ2) is 12.2. The summed E-state index contributed by atoms with van der Waals surface area (Å²) in [5, 5.41) is 6.47. The van der Waals surface area contributed by atoms with Gasteiger partial charge < -0.3 is 0 Å². The van der Waals surface area contributed by atoms with Crippen molar-refractivity contribution in [1.29, 1.82) is 0 Å². The van der Waals surface area contributed by atoms with Crippen molar-refractivity contribution >= 4 is 22.9 Å². The van der Waals surface area contributed by atoms with Gasteiger partial charge in [-0.1, -0.05) is 94.7 Å². The van der Waals surface area contributed by atoms with E-state index in [1.54, 1.807) is 6.21 Å². The van der Waals surface area contributed by atoms with Crippen LogP contribution < -0.4 is 5.43 Å². The average molecular weight is 353 g/mol. The minimum atomic E-state index is 0.00462.